The highest BCUT2D eigenvalue weighted by molar-refractivity contribution is 8.00. The lowest BCUT2D eigenvalue weighted by Gasteiger charge is -2.13. The van der Waals surface area contributed by atoms with Gasteiger partial charge in [-0.15, -0.1) is 11.8 Å². The van der Waals surface area contributed by atoms with Crippen molar-refractivity contribution in [2.75, 3.05) is 12.4 Å². The number of hydrogen-bond acceptors (Lipinski definition) is 5. The minimum atomic E-state index is -0.558. The van der Waals surface area contributed by atoms with Crippen molar-refractivity contribution in [2.24, 2.45) is 0 Å². The summed E-state index contributed by atoms with van der Waals surface area (Å²) in [5, 5.41) is 8.88. The molecule has 0 amide bonds. The van der Waals surface area contributed by atoms with Gasteiger partial charge in [-0.05, 0) is 6.92 Å². The van der Waals surface area contributed by atoms with Crippen LogP contribution in [-0.4, -0.2) is 32.5 Å². The topological polar surface area (TPSA) is 64.4 Å². The first-order valence-electron chi connectivity index (χ1n) is 4.75. The number of hydrogen-bond donors (Lipinski definition) is 1. The third kappa shape index (κ3) is 2.11. The lowest BCUT2D eigenvalue weighted by Crippen LogP contribution is -2.29. The van der Waals surface area contributed by atoms with Crippen LogP contribution in [0.5, 0.6) is 0 Å². The second-order valence-corrected chi connectivity index (χ2v) is 4.59. The highest BCUT2D eigenvalue weighted by Crippen LogP contribution is 2.30. The van der Waals surface area contributed by atoms with Gasteiger partial charge in [0.15, 0.2) is 5.82 Å². The van der Waals surface area contributed by atoms with Crippen LogP contribution in [0.1, 0.15) is 11.9 Å². The number of nitrogens with zero attached hydrogens (tertiary/aromatic N) is 2. The smallest absolute Gasteiger partial charge is 0.350 e. The molecule has 88 valence electrons. The van der Waals surface area contributed by atoms with Crippen molar-refractivity contribution >= 4 is 11.8 Å². The van der Waals surface area contributed by atoms with E-state index in [1.165, 1.54) is 18.7 Å². The van der Waals surface area contributed by atoms with Gasteiger partial charge in [0.25, 0.3) is 0 Å². The van der Waals surface area contributed by atoms with Crippen molar-refractivity contribution < 1.29 is 14.2 Å². The molecule has 1 fully saturated rings. The molecule has 0 aliphatic carbocycles. The third-order valence-corrected chi connectivity index (χ3v) is 3.38. The van der Waals surface area contributed by atoms with Gasteiger partial charge >= 0.3 is 5.69 Å². The van der Waals surface area contributed by atoms with Crippen molar-refractivity contribution in [1.82, 2.24) is 9.55 Å². The van der Waals surface area contributed by atoms with Gasteiger partial charge in [0.2, 0.25) is 0 Å². The number of aliphatic hydroxyl groups excluding tert-OH is 1. The second kappa shape index (κ2) is 4.52. The van der Waals surface area contributed by atoms with Crippen molar-refractivity contribution in [3.63, 3.8) is 0 Å². The standard InChI is InChI=1S/C9H11FN2O3S/c1-5-6(10)2-12(9(14)11-5)7-4-16-8(3-13)15-7/h2,7-8,13H,3-4H2,1H3/t7-,8+/m1/s1. The Morgan fingerprint density at radius 1 is 1.81 bits per heavy atom. The summed E-state index contributed by atoms with van der Waals surface area (Å²) in [6.07, 6.45) is 0.535. The van der Waals surface area contributed by atoms with Gasteiger partial charge < -0.3 is 9.84 Å². The van der Waals surface area contributed by atoms with Crippen LogP contribution in [0, 0.1) is 12.7 Å². The molecule has 16 heavy (non-hydrogen) atoms. The fraction of sp³-hybridized carbons (Fsp3) is 0.556. The first-order chi connectivity index (χ1) is 7.61. The van der Waals surface area contributed by atoms with E-state index in [9.17, 15) is 9.18 Å². The Kier molecular flexibility index (Phi) is 3.27. The Balaban J connectivity index is 2.28. The van der Waals surface area contributed by atoms with Crippen LogP contribution in [0.3, 0.4) is 0 Å². The molecule has 1 aliphatic rings. The minimum Gasteiger partial charge on any atom is -0.393 e. The van der Waals surface area contributed by atoms with Crippen LogP contribution in [0.2, 0.25) is 0 Å². The van der Waals surface area contributed by atoms with E-state index in [2.05, 4.69) is 4.98 Å². The predicted molar refractivity (Wildman–Crippen MR) is 56.6 cm³/mol. The van der Waals surface area contributed by atoms with Gasteiger partial charge in [0.05, 0.1) is 12.3 Å². The molecular formula is C9H11FN2O3S. The molecule has 1 N–H and O–H groups in total. The fourth-order valence-electron chi connectivity index (χ4n) is 1.42. The lowest BCUT2D eigenvalue weighted by molar-refractivity contribution is -0.00690. The molecule has 2 rings (SSSR count). The quantitative estimate of drug-likeness (QED) is 0.811. The molecular weight excluding hydrogens is 235 g/mol. The number of aryl methyl sites for hydroxylation is 1. The number of ether oxygens (including phenoxy) is 1. The van der Waals surface area contributed by atoms with E-state index < -0.39 is 17.7 Å². The molecule has 0 saturated carbocycles. The normalized spacial score (nSPS) is 24.9. The summed E-state index contributed by atoms with van der Waals surface area (Å²) in [6, 6.07) is 0. The molecule has 5 nitrogen and oxygen atoms in total. The third-order valence-electron chi connectivity index (χ3n) is 2.28. The molecule has 1 aromatic heterocycles. The summed E-state index contributed by atoms with van der Waals surface area (Å²) < 4.78 is 19.7. The van der Waals surface area contributed by atoms with Gasteiger partial charge in [-0.25, -0.2) is 9.18 Å². The number of halogens is 1. The van der Waals surface area contributed by atoms with Gasteiger partial charge in [-0.1, -0.05) is 0 Å². The zero-order valence-corrected chi connectivity index (χ0v) is 9.41. The van der Waals surface area contributed by atoms with E-state index in [0.29, 0.717) is 5.75 Å². The maximum atomic E-state index is 13.3. The molecule has 0 spiro atoms. The van der Waals surface area contributed by atoms with Crippen LogP contribution >= 0.6 is 11.8 Å². The molecule has 2 heterocycles. The van der Waals surface area contributed by atoms with Crippen LogP contribution in [0.4, 0.5) is 4.39 Å². The molecule has 1 aromatic rings. The van der Waals surface area contributed by atoms with Crippen molar-refractivity contribution in [3.05, 3.63) is 28.2 Å². The number of rotatable bonds is 2. The van der Waals surface area contributed by atoms with Crippen LogP contribution in [0.25, 0.3) is 0 Å². The van der Waals surface area contributed by atoms with E-state index in [1.54, 1.807) is 0 Å². The zero-order chi connectivity index (χ0) is 11.7. The van der Waals surface area contributed by atoms with Gasteiger partial charge in [-0.3, -0.25) is 4.57 Å². The van der Waals surface area contributed by atoms with E-state index in [0.717, 1.165) is 10.8 Å². The Labute approximate surface area is 95.3 Å². The number of aromatic nitrogens is 2. The molecule has 0 aromatic carbocycles. The molecule has 7 heteroatoms. The second-order valence-electron chi connectivity index (χ2n) is 3.40. The van der Waals surface area contributed by atoms with Crippen LogP contribution in [0.15, 0.2) is 11.0 Å². The van der Waals surface area contributed by atoms with Crippen LogP contribution < -0.4 is 5.69 Å². The van der Waals surface area contributed by atoms with E-state index in [1.807, 2.05) is 0 Å². The molecule has 0 radical (unpaired) electrons. The van der Waals surface area contributed by atoms with Crippen molar-refractivity contribution in [3.8, 4) is 0 Å². The Hall–Kier alpha value is -0.920. The molecule has 1 saturated heterocycles. The first-order valence-corrected chi connectivity index (χ1v) is 5.80. The fourth-order valence-corrected chi connectivity index (χ4v) is 2.35. The Bertz CT molecular complexity index is 451. The average Bonchev–Trinajstić information content (AvgIpc) is 2.71. The van der Waals surface area contributed by atoms with Crippen LogP contribution in [-0.2, 0) is 4.74 Å². The summed E-state index contributed by atoms with van der Waals surface area (Å²) in [4.78, 5) is 15.1. The Morgan fingerprint density at radius 2 is 2.56 bits per heavy atom. The first kappa shape index (κ1) is 11.6. The Morgan fingerprint density at radius 3 is 3.19 bits per heavy atom. The average molecular weight is 246 g/mol. The van der Waals surface area contributed by atoms with E-state index in [4.69, 9.17) is 9.84 Å². The van der Waals surface area contributed by atoms with Crippen molar-refractivity contribution in [1.29, 1.82) is 0 Å². The summed E-state index contributed by atoms with van der Waals surface area (Å²) in [6.45, 7) is 1.31. The monoisotopic (exact) mass is 246 g/mol. The maximum absolute atomic E-state index is 13.3. The minimum absolute atomic E-state index is 0.0746. The summed E-state index contributed by atoms with van der Waals surface area (Å²) in [5.41, 5.74) is -0.824. The maximum Gasteiger partial charge on any atom is 0.350 e. The molecule has 1 aliphatic heterocycles. The highest BCUT2D eigenvalue weighted by atomic mass is 32.2. The zero-order valence-electron chi connectivity index (χ0n) is 8.59. The summed E-state index contributed by atoms with van der Waals surface area (Å²) >= 11 is 1.38. The molecule has 2 atom stereocenters. The molecule has 0 unspecified atom stereocenters. The van der Waals surface area contributed by atoms with Gasteiger partial charge in [-0.2, -0.15) is 4.98 Å². The molecule has 0 bridgehead atoms. The van der Waals surface area contributed by atoms with E-state index >= 15 is 0 Å². The summed E-state index contributed by atoms with van der Waals surface area (Å²) in [7, 11) is 0. The van der Waals surface area contributed by atoms with Crippen molar-refractivity contribution in [2.45, 2.75) is 18.6 Å². The highest BCUT2D eigenvalue weighted by Gasteiger charge is 2.27. The lowest BCUT2D eigenvalue weighted by atomic mass is 10.4. The van der Waals surface area contributed by atoms with Gasteiger partial charge in [0.1, 0.15) is 11.7 Å². The van der Waals surface area contributed by atoms with E-state index in [-0.39, 0.29) is 17.7 Å². The largest absolute Gasteiger partial charge is 0.393 e. The summed E-state index contributed by atoms with van der Waals surface area (Å²) in [5.74, 6) is -0.0457. The van der Waals surface area contributed by atoms with Gasteiger partial charge in [0, 0.05) is 11.9 Å². The number of thioether (sulfide) groups is 1. The number of aliphatic hydroxyl groups is 1. The SMILES string of the molecule is Cc1nc(=O)n([C@H]2CS[C@@H](CO)O2)cc1F. The predicted octanol–water partition coefficient (Wildman–Crippen LogP) is 0.271.